The summed E-state index contributed by atoms with van der Waals surface area (Å²) in [6, 6.07) is 8.75. The second kappa shape index (κ2) is 8.00. The van der Waals surface area contributed by atoms with E-state index in [1.807, 2.05) is 6.07 Å². The lowest BCUT2D eigenvalue weighted by molar-refractivity contribution is 0.0950. The number of hydrogen-bond acceptors (Lipinski definition) is 5. The van der Waals surface area contributed by atoms with Gasteiger partial charge in [0.15, 0.2) is 11.5 Å². The molecule has 2 heterocycles. The molecule has 2 aliphatic rings. The summed E-state index contributed by atoms with van der Waals surface area (Å²) in [6.45, 7) is 1.90. The molecule has 0 saturated carbocycles. The van der Waals surface area contributed by atoms with E-state index in [1.165, 1.54) is 10.4 Å². The molecule has 154 valence electrons. The summed E-state index contributed by atoms with van der Waals surface area (Å²) in [7, 11) is -3.95. The van der Waals surface area contributed by atoms with Crippen LogP contribution in [0.25, 0.3) is 0 Å². The molecule has 2 aliphatic heterocycles. The van der Waals surface area contributed by atoms with Gasteiger partial charge in [-0.05, 0) is 48.7 Å². The average molecular weight is 420 g/mol. The summed E-state index contributed by atoms with van der Waals surface area (Å²) in [6.07, 6.45) is 1.49. The maximum atomic E-state index is 14.2. The molecule has 4 rings (SSSR count). The van der Waals surface area contributed by atoms with Crippen LogP contribution in [-0.4, -0.2) is 44.9 Å². The summed E-state index contributed by atoms with van der Waals surface area (Å²) in [5.74, 6) is -0.0801. The number of halogens is 1. The van der Waals surface area contributed by atoms with Crippen LogP contribution in [0.4, 0.5) is 4.39 Å². The molecule has 0 unspecified atom stereocenters. The first-order valence-corrected chi connectivity index (χ1v) is 10.9. The van der Waals surface area contributed by atoms with Crippen LogP contribution in [0.15, 0.2) is 41.3 Å². The van der Waals surface area contributed by atoms with E-state index in [0.717, 1.165) is 30.5 Å². The lowest BCUT2D eigenvalue weighted by Gasteiger charge is -2.19. The Balaban J connectivity index is 1.49. The largest absolute Gasteiger partial charge is 0.486 e. The molecule has 0 bridgehead atoms. The van der Waals surface area contributed by atoms with Crippen molar-refractivity contribution in [2.75, 3.05) is 26.3 Å². The number of hydrogen-bond donors (Lipinski definition) is 1. The van der Waals surface area contributed by atoms with Crippen LogP contribution in [0, 0.1) is 5.82 Å². The fourth-order valence-electron chi connectivity index (χ4n) is 3.39. The zero-order chi connectivity index (χ0) is 20.4. The van der Waals surface area contributed by atoms with Crippen LogP contribution >= 0.6 is 0 Å². The van der Waals surface area contributed by atoms with Crippen molar-refractivity contribution in [2.24, 2.45) is 0 Å². The van der Waals surface area contributed by atoms with E-state index in [0.29, 0.717) is 37.8 Å². The van der Waals surface area contributed by atoms with Gasteiger partial charge in [-0.2, -0.15) is 4.31 Å². The number of sulfonamides is 1. The van der Waals surface area contributed by atoms with Crippen LogP contribution in [0.1, 0.15) is 28.8 Å². The molecule has 0 aliphatic carbocycles. The van der Waals surface area contributed by atoms with E-state index in [9.17, 15) is 17.6 Å². The van der Waals surface area contributed by atoms with Crippen molar-refractivity contribution in [2.45, 2.75) is 24.3 Å². The predicted molar refractivity (Wildman–Crippen MR) is 103 cm³/mol. The minimum Gasteiger partial charge on any atom is -0.486 e. The molecule has 0 aromatic heterocycles. The van der Waals surface area contributed by atoms with Gasteiger partial charge in [0, 0.05) is 25.2 Å². The van der Waals surface area contributed by atoms with Crippen molar-refractivity contribution in [1.29, 1.82) is 0 Å². The van der Waals surface area contributed by atoms with Crippen LogP contribution < -0.4 is 14.8 Å². The lowest BCUT2D eigenvalue weighted by Crippen LogP contribution is -2.29. The number of rotatable bonds is 5. The molecular weight excluding hydrogens is 399 g/mol. The zero-order valence-corrected chi connectivity index (χ0v) is 16.5. The minimum atomic E-state index is -3.95. The minimum absolute atomic E-state index is 0.0849. The first kappa shape index (κ1) is 19.7. The third kappa shape index (κ3) is 4.06. The second-order valence-corrected chi connectivity index (χ2v) is 8.82. The summed E-state index contributed by atoms with van der Waals surface area (Å²) in [5, 5.41) is 2.72. The summed E-state index contributed by atoms with van der Waals surface area (Å²) in [5.41, 5.74) is 0.885. The van der Waals surface area contributed by atoms with Gasteiger partial charge in [-0.15, -0.1) is 0 Å². The number of nitrogens with zero attached hydrogens (tertiary/aromatic N) is 1. The van der Waals surface area contributed by atoms with Crippen molar-refractivity contribution in [1.82, 2.24) is 9.62 Å². The Bertz CT molecular complexity index is 1040. The van der Waals surface area contributed by atoms with Crippen molar-refractivity contribution in [3.8, 4) is 11.5 Å². The predicted octanol–water partition coefficient (Wildman–Crippen LogP) is 2.31. The Hall–Kier alpha value is -2.65. The summed E-state index contributed by atoms with van der Waals surface area (Å²) in [4.78, 5) is 12.1. The Kier molecular flexibility index (Phi) is 5.42. The Morgan fingerprint density at radius 1 is 1.03 bits per heavy atom. The maximum absolute atomic E-state index is 14.2. The smallest absolute Gasteiger partial charge is 0.251 e. The molecule has 1 fully saturated rings. The van der Waals surface area contributed by atoms with Gasteiger partial charge in [-0.3, -0.25) is 4.79 Å². The standard InChI is InChI=1S/C20H21FN2O5S/c21-16-5-4-15(12-19(16)29(25,26)23-7-1-2-8-23)20(24)22-13-14-3-6-17-18(11-14)28-10-9-27-17/h3-6,11-12H,1-2,7-10,13H2,(H,22,24). The molecule has 0 spiro atoms. The Labute approximate surface area is 168 Å². The molecule has 0 atom stereocenters. The third-order valence-corrected chi connectivity index (χ3v) is 6.85. The number of fused-ring (bicyclic) bond motifs is 1. The quantitative estimate of drug-likeness (QED) is 0.803. The van der Waals surface area contributed by atoms with Gasteiger partial charge in [0.05, 0.1) is 0 Å². The fourth-order valence-corrected chi connectivity index (χ4v) is 5.00. The average Bonchev–Trinajstić information content (AvgIpc) is 3.28. The highest BCUT2D eigenvalue weighted by Gasteiger charge is 2.30. The molecule has 29 heavy (non-hydrogen) atoms. The molecule has 2 aromatic carbocycles. The molecular formula is C20H21FN2O5S. The van der Waals surface area contributed by atoms with Crippen LogP contribution in [0.2, 0.25) is 0 Å². The number of nitrogens with one attached hydrogen (secondary N) is 1. The van der Waals surface area contributed by atoms with Gasteiger partial charge < -0.3 is 14.8 Å². The fraction of sp³-hybridized carbons (Fsp3) is 0.350. The highest BCUT2D eigenvalue weighted by Crippen LogP contribution is 2.30. The van der Waals surface area contributed by atoms with Crippen molar-refractivity contribution < 1.29 is 27.1 Å². The highest BCUT2D eigenvalue weighted by atomic mass is 32.2. The van der Waals surface area contributed by atoms with Gasteiger partial charge in [-0.25, -0.2) is 12.8 Å². The number of amides is 1. The van der Waals surface area contributed by atoms with Crippen molar-refractivity contribution in [3.63, 3.8) is 0 Å². The molecule has 7 nitrogen and oxygen atoms in total. The van der Waals surface area contributed by atoms with Crippen molar-refractivity contribution in [3.05, 3.63) is 53.3 Å². The molecule has 9 heteroatoms. The highest BCUT2D eigenvalue weighted by molar-refractivity contribution is 7.89. The van der Waals surface area contributed by atoms with Gasteiger partial charge >= 0.3 is 0 Å². The SMILES string of the molecule is O=C(NCc1ccc2c(c1)OCCO2)c1ccc(F)c(S(=O)(=O)N2CCCC2)c1. The number of benzene rings is 2. The summed E-state index contributed by atoms with van der Waals surface area (Å²) < 4.78 is 51.8. The number of carbonyl (C=O) groups is 1. The Morgan fingerprint density at radius 2 is 1.76 bits per heavy atom. The van der Waals surface area contributed by atoms with Gasteiger partial charge in [-0.1, -0.05) is 6.07 Å². The Morgan fingerprint density at radius 3 is 2.52 bits per heavy atom. The first-order chi connectivity index (χ1) is 13.9. The number of ether oxygens (including phenoxy) is 2. The molecule has 1 saturated heterocycles. The van der Waals surface area contributed by atoms with E-state index in [4.69, 9.17) is 9.47 Å². The zero-order valence-electron chi connectivity index (χ0n) is 15.7. The number of carbonyl (C=O) groups excluding carboxylic acids is 1. The maximum Gasteiger partial charge on any atom is 0.251 e. The van der Waals surface area contributed by atoms with E-state index in [2.05, 4.69) is 5.32 Å². The topological polar surface area (TPSA) is 84.9 Å². The van der Waals surface area contributed by atoms with Gasteiger partial charge in [0.25, 0.3) is 5.91 Å². The normalized spacial score (nSPS) is 16.6. The third-order valence-electron chi connectivity index (χ3n) is 4.94. The lowest BCUT2D eigenvalue weighted by atomic mass is 10.1. The van der Waals surface area contributed by atoms with E-state index < -0.39 is 26.6 Å². The van der Waals surface area contributed by atoms with Gasteiger partial charge in [0.2, 0.25) is 10.0 Å². The van der Waals surface area contributed by atoms with Gasteiger partial charge in [0.1, 0.15) is 23.9 Å². The van der Waals surface area contributed by atoms with Crippen molar-refractivity contribution >= 4 is 15.9 Å². The van der Waals surface area contributed by atoms with Crippen LogP contribution in [0.3, 0.4) is 0 Å². The van der Waals surface area contributed by atoms with Crippen LogP contribution in [-0.2, 0) is 16.6 Å². The van der Waals surface area contributed by atoms with E-state index >= 15 is 0 Å². The monoisotopic (exact) mass is 420 g/mol. The van der Waals surface area contributed by atoms with Crippen LogP contribution in [0.5, 0.6) is 11.5 Å². The molecule has 2 aromatic rings. The van der Waals surface area contributed by atoms with E-state index in [-0.39, 0.29) is 12.1 Å². The molecule has 1 amide bonds. The van der Waals surface area contributed by atoms with E-state index in [1.54, 1.807) is 12.1 Å². The first-order valence-electron chi connectivity index (χ1n) is 9.41. The molecule has 0 radical (unpaired) electrons. The summed E-state index contributed by atoms with van der Waals surface area (Å²) >= 11 is 0. The second-order valence-electron chi connectivity index (χ2n) is 6.92. The molecule has 1 N–H and O–H groups in total.